The van der Waals surface area contributed by atoms with Gasteiger partial charge in [0.1, 0.15) is 0 Å². The molecule has 0 radical (unpaired) electrons. The van der Waals surface area contributed by atoms with E-state index in [-0.39, 0.29) is 0 Å². The maximum Gasteiger partial charge on any atom is 0.0853 e. The molecule has 90 valence electrons. The Morgan fingerprint density at radius 1 is 1.50 bits per heavy atom. The molecule has 0 bridgehead atoms. The highest BCUT2D eigenvalue weighted by molar-refractivity contribution is 5.47. The van der Waals surface area contributed by atoms with E-state index in [9.17, 15) is 0 Å². The predicted molar refractivity (Wildman–Crippen MR) is 67.6 cm³/mol. The van der Waals surface area contributed by atoms with E-state index in [1.165, 1.54) is 37.1 Å². The summed E-state index contributed by atoms with van der Waals surface area (Å²) in [6.45, 7) is 4.52. The zero-order valence-corrected chi connectivity index (χ0v) is 10.7. The lowest BCUT2D eigenvalue weighted by Gasteiger charge is -2.28. The number of rotatable bonds is 3. The Kier molecular flexibility index (Phi) is 3.52. The van der Waals surface area contributed by atoms with Gasteiger partial charge in [-0.15, -0.1) is 0 Å². The van der Waals surface area contributed by atoms with Gasteiger partial charge in [0.25, 0.3) is 0 Å². The predicted octanol–water partition coefficient (Wildman–Crippen LogP) is 2.97. The van der Waals surface area contributed by atoms with Crippen molar-refractivity contribution in [3.05, 3.63) is 11.9 Å². The first-order valence-corrected chi connectivity index (χ1v) is 6.48. The second-order valence-corrected chi connectivity index (χ2v) is 5.13. The summed E-state index contributed by atoms with van der Waals surface area (Å²) in [6, 6.07) is 0.651. The van der Waals surface area contributed by atoms with Crippen LogP contribution in [0.3, 0.4) is 0 Å². The van der Waals surface area contributed by atoms with Crippen molar-refractivity contribution in [2.24, 2.45) is 13.0 Å². The standard InChI is InChI=1S/C13H23N3/c1-4-12-13(9-16(3)15-12)14-11-7-5-6-10(2)8-11/h9-11,14H,4-8H2,1-3H3. The number of nitrogens with zero attached hydrogens (tertiary/aromatic N) is 2. The molecule has 1 fully saturated rings. The third kappa shape index (κ3) is 2.57. The Balaban J connectivity index is 2.02. The number of aromatic nitrogens is 2. The monoisotopic (exact) mass is 221 g/mol. The van der Waals surface area contributed by atoms with E-state index in [2.05, 4.69) is 30.5 Å². The second-order valence-electron chi connectivity index (χ2n) is 5.13. The number of hydrogen-bond donors (Lipinski definition) is 1. The minimum atomic E-state index is 0.651. The van der Waals surface area contributed by atoms with Gasteiger partial charge in [-0.2, -0.15) is 5.10 Å². The molecule has 2 unspecified atom stereocenters. The van der Waals surface area contributed by atoms with E-state index in [0.717, 1.165) is 12.3 Å². The Labute approximate surface area is 98.2 Å². The first kappa shape index (κ1) is 11.5. The van der Waals surface area contributed by atoms with Gasteiger partial charge in [0.05, 0.1) is 11.4 Å². The fourth-order valence-corrected chi connectivity index (χ4v) is 2.70. The van der Waals surface area contributed by atoms with E-state index in [4.69, 9.17) is 0 Å². The van der Waals surface area contributed by atoms with E-state index < -0.39 is 0 Å². The molecule has 1 heterocycles. The summed E-state index contributed by atoms with van der Waals surface area (Å²) in [6.07, 6.45) is 8.48. The fourth-order valence-electron chi connectivity index (χ4n) is 2.70. The molecule has 0 saturated heterocycles. The highest BCUT2D eigenvalue weighted by Gasteiger charge is 2.19. The largest absolute Gasteiger partial charge is 0.380 e. The molecular weight excluding hydrogens is 198 g/mol. The van der Waals surface area contributed by atoms with Gasteiger partial charge in [0.15, 0.2) is 0 Å². The summed E-state index contributed by atoms with van der Waals surface area (Å²) in [5.74, 6) is 0.869. The van der Waals surface area contributed by atoms with Crippen LogP contribution in [0.1, 0.15) is 45.2 Å². The van der Waals surface area contributed by atoms with E-state index in [1.54, 1.807) is 0 Å². The van der Waals surface area contributed by atoms with Crippen molar-refractivity contribution in [1.82, 2.24) is 9.78 Å². The van der Waals surface area contributed by atoms with E-state index in [0.29, 0.717) is 6.04 Å². The van der Waals surface area contributed by atoms with Gasteiger partial charge < -0.3 is 5.32 Å². The van der Waals surface area contributed by atoms with Crippen LogP contribution in [0, 0.1) is 5.92 Å². The van der Waals surface area contributed by atoms with Gasteiger partial charge in [-0.25, -0.2) is 0 Å². The molecule has 3 nitrogen and oxygen atoms in total. The van der Waals surface area contributed by atoms with Crippen molar-refractivity contribution in [1.29, 1.82) is 0 Å². The topological polar surface area (TPSA) is 29.9 Å². The molecule has 3 heteroatoms. The Bertz CT molecular complexity index is 343. The highest BCUT2D eigenvalue weighted by Crippen LogP contribution is 2.27. The van der Waals surface area contributed by atoms with Crippen LogP contribution < -0.4 is 5.32 Å². The molecule has 2 atom stereocenters. The summed E-state index contributed by atoms with van der Waals surface area (Å²) in [5, 5.41) is 8.14. The normalized spacial score (nSPS) is 25.7. The molecule has 0 aliphatic heterocycles. The Morgan fingerprint density at radius 3 is 3.00 bits per heavy atom. The SMILES string of the molecule is CCc1nn(C)cc1NC1CCCC(C)C1. The summed E-state index contributed by atoms with van der Waals surface area (Å²) in [4.78, 5) is 0. The van der Waals surface area contributed by atoms with Crippen molar-refractivity contribution < 1.29 is 0 Å². The lowest BCUT2D eigenvalue weighted by atomic mass is 9.87. The quantitative estimate of drug-likeness (QED) is 0.850. The molecule has 1 aliphatic carbocycles. The lowest BCUT2D eigenvalue weighted by Crippen LogP contribution is -2.26. The van der Waals surface area contributed by atoms with Crippen molar-refractivity contribution in [3.63, 3.8) is 0 Å². The lowest BCUT2D eigenvalue weighted by molar-refractivity contribution is 0.358. The summed E-state index contributed by atoms with van der Waals surface area (Å²) in [5.41, 5.74) is 2.44. The van der Waals surface area contributed by atoms with Crippen molar-refractivity contribution >= 4 is 5.69 Å². The van der Waals surface area contributed by atoms with E-state index >= 15 is 0 Å². The van der Waals surface area contributed by atoms with Crippen LogP contribution in [0.4, 0.5) is 5.69 Å². The smallest absolute Gasteiger partial charge is 0.0853 e. The van der Waals surface area contributed by atoms with Crippen LogP contribution >= 0.6 is 0 Å². The van der Waals surface area contributed by atoms with Gasteiger partial charge in [0, 0.05) is 19.3 Å². The van der Waals surface area contributed by atoms with Crippen molar-refractivity contribution in [2.45, 2.75) is 52.0 Å². The molecule has 2 rings (SSSR count). The van der Waals surface area contributed by atoms with Crippen molar-refractivity contribution in [3.8, 4) is 0 Å². The van der Waals surface area contributed by atoms with Gasteiger partial charge >= 0.3 is 0 Å². The molecule has 16 heavy (non-hydrogen) atoms. The zero-order chi connectivity index (χ0) is 11.5. The zero-order valence-electron chi connectivity index (χ0n) is 10.7. The Morgan fingerprint density at radius 2 is 2.31 bits per heavy atom. The van der Waals surface area contributed by atoms with Gasteiger partial charge in [-0.3, -0.25) is 4.68 Å². The first-order chi connectivity index (χ1) is 7.69. The number of nitrogens with one attached hydrogen (secondary N) is 1. The van der Waals surface area contributed by atoms with Crippen LogP contribution in [0.2, 0.25) is 0 Å². The van der Waals surface area contributed by atoms with E-state index in [1.807, 2.05) is 11.7 Å². The van der Waals surface area contributed by atoms with Crippen LogP contribution in [0.5, 0.6) is 0 Å². The molecule has 1 aromatic rings. The molecule has 0 aromatic carbocycles. The molecule has 1 N–H and O–H groups in total. The highest BCUT2D eigenvalue weighted by atomic mass is 15.3. The van der Waals surface area contributed by atoms with Gasteiger partial charge in [0.2, 0.25) is 0 Å². The van der Waals surface area contributed by atoms with Crippen LogP contribution in [0.15, 0.2) is 6.20 Å². The molecular formula is C13H23N3. The average molecular weight is 221 g/mol. The minimum Gasteiger partial charge on any atom is -0.380 e. The van der Waals surface area contributed by atoms with Crippen LogP contribution in [-0.4, -0.2) is 15.8 Å². The Hall–Kier alpha value is -0.990. The number of hydrogen-bond acceptors (Lipinski definition) is 2. The molecule has 0 amide bonds. The van der Waals surface area contributed by atoms with Crippen molar-refractivity contribution in [2.75, 3.05) is 5.32 Å². The molecule has 1 aliphatic rings. The molecule has 1 aromatic heterocycles. The fraction of sp³-hybridized carbons (Fsp3) is 0.769. The van der Waals surface area contributed by atoms with Crippen LogP contribution in [0.25, 0.3) is 0 Å². The number of aryl methyl sites for hydroxylation is 2. The summed E-state index contributed by atoms with van der Waals surface area (Å²) in [7, 11) is 1.99. The summed E-state index contributed by atoms with van der Waals surface area (Å²) < 4.78 is 1.91. The van der Waals surface area contributed by atoms with Crippen LogP contribution in [-0.2, 0) is 13.5 Å². The maximum absolute atomic E-state index is 4.47. The first-order valence-electron chi connectivity index (χ1n) is 6.48. The molecule has 0 spiro atoms. The third-order valence-electron chi connectivity index (χ3n) is 3.54. The number of anilines is 1. The minimum absolute atomic E-state index is 0.651. The molecule has 1 saturated carbocycles. The van der Waals surface area contributed by atoms with Gasteiger partial charge in [-0.05, 0) is 25.2 Å². The second kappa shape index (κ2) is 4.89. The van der Waals surface area contributed by atoms with Gasteiger partial charge in [-0.1, -0.05) is 26.7 Å². The third-order valence-corrected chi connectivity index (χ3v) is 3.54. The maximum atomic E-state index is 4.47. The average Bonchev–Trinajstić information content (AvgIpc) is 2.59. The summed E-state index contributed by atoms with van der Waals surface area (Å²) >= 11 is 0.